The molecule has 1 aliphatic heterocycles. The lowest BCUT2D eigenvalue weighted by atomic mass is 9.96. The SMILES string of the molecule is COCCCNc1nc(Nc2ccc(F)c(Cl)c2)ncc1-c1ccc2c(c1)N(C(=O)OC(C)(C)C)C(C)(C(=O)O)C2. The van der Waals surface area contributed by atoms with Crippen molar-refractivity contribution in [1.82, 2.24) is 9.97 Å². The van der Waals surface area contributed by atoms with Crippen molar-refractivity contribution in [2.45, 2.75) is 51.7 Å². The van der Waals surface area contributed by atoms with E-state index >= 15 is 0 Å². The van der Waals surface area contributed by atoms with Crippen LogP contribution in [0.5, 0.6) is 0 Å². The summed E-state index contributed by atoms with van der Waals surface area (Å²) in [6.07, 6.45) is 1.71. The topological polar surface area (TPSA) is 126 Å². The van der Waals surface area contributed by atoms with Crippen molar-refractivity contribution in [3.63, 3.8) is 0 Å². The molecule has 12 heteroatoms. The van der Waals surface area contributed by atoms with E-state index in [1.54, 1.807) is 46.2 Å². The second kappa shape index (κ2) is 11.9. The molecule has 4 rings (SSSR count). The number of aromatic nitrogens is 2. The zero-order chi connectivity index (χ0) is 29.9. The number of carboxylic acids is 1. The number of fused-ring (bicyclic) bond motifs is 1. The summed E-state index contributed by atoms with van der Waals surface area (Å²) >= 11 is 5.92. The van der Waals surface area contributed by atoms with Gasteiger partial charge in [0.15, 0.2) is 0 Å². The van der Waals surface area contributed by atoms with Gasteiger partial charge in [0.1, 0.15) is 22.8 Å². The first kappa shape index (κ1) is 30.0. The lowest BCUT2D eigenvalue weighted by Crippen LogP contribution is -2.54. The third-order valence-electron chi connectivity index (χ3n) is 6.48. The Labute approximate surface area is 242 Å². The zero-order valence-corrected chi connectivity index (χ0v) is 24.3. The molecule has 41 heavy (non-hydrogen) atoms. The molecule has 1 aliphatic rings. The van der Waals surface area contributed by atoms with Gasteiger partial charge in [-0.15, -0.1) is 0 Å². The number of carbonyl (C=O) groups is 2. The van der Waals surface area contributed by atoms with E-state index in [-0.39, 0.29) is 17.4 Å². The highest BCUT2D eigenvalue weighted by molar-refractivity contribution is 6.31. The number of methoxy groups -OCH3 is 1. The van der Waals surface area contributed by atoms with Gasteiger partial charge in [-0.3, -0.25) is 4.90 Å². The Morgan fingerprint density at radius 3 is 2.63 bits per heavy atom. The van der Waals surface area contributed by atoms with Crippen LogP contribution >= 0.6 is 11.6 Å². The third kappa shape index (κ3) is 6.68. The Bertz CT molecular complexity index is 1460. The van der Waals surface area contributed by atoms with Crippen LogP contribution in [0.15, 0.2) is 42.6 Å². The van der Waals surface area contributed by atoms with E-state index in [2.05, 4.69) is 20.6 Å². The van der Waals surface area contributed by atoms with Crippen molar-refractivity contribution in [2.24, 2.45) is 0 Å². The molecule has 1 aromatic heterocycles. The smallest absolute Gasteiger partial charge is 0.415 e. The maximum atomic E-state index is 13.6. The van der Waals surface area contributed by atoms with Gasteiger partial charge in [0.2, 0.25) is 5.95 Å². The molecule has 0 fully saturated rings. The lowest BCUT2D eigenvalue weighted by Gasteiger charge is -2.33. The molecule has 0 aliphatic carbocycles. The van der Waals surface area contributed by atoms with Crippen LogP contribution in [0, 0.1) is 5.82 Å². The number of anilines is 4. The van der Waals surface area contributed by atoms with Crippen LogP contribution in [0.3, 0.4) is 0 Å². The van der Waals surface area contributed by atoms with Crippen LogP contribution in [0.4, 0.5) is 32.3 Å². The molecule has 1 atom stereocenters. The number of nitrogens with one attached hydrogen (secondary N) is 2. The number of hydrogen-bond donors (Lipinski definition) is 3. The number of nitrogens with zero attached hydrogens (tertiary/aromatic N) is 3. The minimum absolute atomic E-state index is 0.0365. The Balaban J connectivity index is 1.73. The van der Waals surface area contributed by atoms with Crippen LogP contribution in [-0.2, 0) is 20.7 Å². The minimum Gasteiger partial charge on any atom is -0.479 e. The summed E-state index contributed by atoms with van der Waals surface area (Å²) in [5.41, 5.74) is 0.598. The third-order valence-corrected chi connectivity index (χ3v) is 6.77. The average Bonchev–Trinajstić information content (AvgIpc) is 3.20. The van der Waals surface area contributed by atoms with E-state index in [1.165, 1.54) is 30.0 Å². The van der Waals surface area contributed by atoms with E-state index in [1.807, 2.05) is 6.07 Å². The minimum atomic E-state index is -1.52. The molecule has 2 aromatic carbocycles. The molecule has 1 amide bonds. The zero-order valence-electron chi connectivity index (χ0n) is 23.5. The van der Waals surface area contributed by atoms with Crippen molar-refractivity contribution in [3.8, 4) is 11.1 Å². The van der Waals surface area contributed by atoms with Gasteiger partial charge in [-0.25, -0.2) is 19.0 Å². The molecule has 0 bridgehead atoms. The van der Waals surface area contributed by atoms with Crippen molar-refractivity contribution < 1.29 is 28.6 Å². The van der Waals surface area contributed by atoms with Gasteiger partial charge in [-0.1, -0.05) is 23.7 Å². The maximum absolute atomic E-state index is 13.6. The molecule has 3 N–H and O–H groups in total. The van der Waals surface area contributed by atoms with Crippen molar-refractivity contribution in [1.29, 1.82) is 0 Å². The van der Waals surface area contributed by atoms with Crippen LogP contribution in [0.25, 0.3) is 11.1 Å². The first-order valence-corrected chi connectivity index (χ1v) is 13.4. The highest BCUT2D eigenvalue weighted by Crippen LogP contribution is 2.43. The van der Waals surface area contributed by atoms with Crippen molar-refractivity contribution >= 4 is 46.8 Å². The average molecular weight is 586 g/mol. The molecule has 0 radical (unpaired) electrons. The second-order valence-electron chi connectivity index (χ2n) is 10.9. The highest BCUT2D eigenvalue weighted by Gasteiger charge is 2.50. The molecule has 3 aromatic rings. The normalized spacial score (nSPS) is 16.3. The molecule has 1 unspecified atom stereocenters. The van der Waals surface area contributed by atoms with Gasteiger partial charge in [-0.2, -0.15) is 4.98 Å². The summed E-state index contributed by atoms with van der Waals surface area (Å²) in [5.74, 6) is -0.929. The summed E-state index contributed by atoms with van der Waals surface area (Å²) in [6, 6.07) is 9.59. The predicted molar refractivity (Wildman–Crippen MR) is 156 cm³/mol. The van der Waals surface area contributed by atoms with Gasteiger partial charge in [0.25, 0.3) is 0 Å². The van der Waals surface area contributed by atoms with Crippen molar-refractivity contribution in [2.75, 3.05) is 35.8 Å². The summed E-state index contributed by atoms with van der Waals surface area (Å²) in [7, 11) is 1.62. The Kier molecular flexibility index (Phi) is 8.69. The second-order valence-corrected chi connectivity index (χ2v) is 11.3. The van der Waals surface area contributed by atoms with Gasteiger partial charge >= 0.3 is 12.1 Å². The van der Waals surface area contributed by atoms with Crippen molar-refractivity contribution in [3.05, 3.63) is 59.0 Å². The summed E-state index contributed by atoms with van der Waals surface area (Å²) in [4.78, 5) is 35.9. The summed E-state index contributed by atoms with van der Waals surface area (Å²) in [5, 5.41) is 16.4. The molecule has 218 valence electrons. The van der Waals surface area contributed by atoms with Gasteiger partial charge in [-0.05, 0) is 69.5 Å². The first-order chi connectivity index (χ1) is 19.3. The van der Waals surface area contributed by atoms with Crippen LogP contribution < -0.4 is 15.5 Å². The number of carbonyl (C=O) groups excluding carboxylic acids is 1. The molecular formula is C29H33ClFN5O5. The highest BCUT2D eigenvalue weighted by atomic mass is 35.5. The predicted octanol–water partition coefficient (Wildman–Crippen LogP) is 6.27. The van der Waals surface area contributed by atoms with Crippen LogP contribution in [0.2, 0.25) is 5.02 Å². The number of rotatable bonds is 9. The van der Waals surface area contributed by atoms with E-state index in [9.17, 15) is 19.1 Å². The summed E-state index contributed by atoms with van der Waals surface area (Å²) < 4.78 is 24.4. The van der Waals surface area contributed by atoms with Gasteiger partial charge in [0, 0.05) is 44.1 Å². The Morgan fingerprint density at radius 2 is 1.98 bits per heavy atom. The Morgan fingerprint density at radius 1 is 1.22 bits per heavy atom. The molecule has 0 saturated heterocycles. The van der Waals surface area contributed by atoms with E-state index in [4.69, 9.17) is 21.1 Å². The summed E-state index contributed by atoms with van der Waals surface area (Å²) in [6.45, 7) is 7.78. The van der Waals surface area contributed by atoms with E-state index in [0.29, 0.717) is 53.5 Å². The van der Waals surface area contributed by atoms with Crippen LogP contribution in [0.1, 0.15) is 39.7 Å². The number of benzene rings is 2. The van der Waals surface area contributed by atoms with Gasteiger partial charge < -0.3 is 25.2 Å². The lowest BCUT2D eigenvalue weighted by molar-refractivity contribution is -0.142. The maximum Gasteiger partial charge on any atom is 0.415 e. The monoisotopic (exact) mass is 585 g/mol. The van der Waals surface area contributed by atoms with Gasteiger partial charge in [0.05, 0.1) is 10.7 Å². The number of hydrogen-bond acceptors (Lipinski definition) is 8. The van der Waals surface area contributed by atoms with E-state index < -0.39 is 29.0 Å². The number of carboxylic acid groups (broad SMARTS) is 1. The number of amides is 1. The number of ether oxygens (including phenoxy) is 2. The van der Waals surface area contributed by atoms with Crippen LogP contribution in [-0.4, -0.2) is 58.5 Å². The number of aliphatic carboxylic acids is 1. The first-order valence-electron chi connectivity index (χ1n) is 13.0. The standard InChI is InChI=1S/C29H33ClFN5O5/c1-28(2,3)41-27(39)36-23-13-17(7-8-18(23)15-29(36,4)25(37)38)20-16-33-26(35-24(20)32-11-6-12-40-5)34-19-9-10-22(31)21(30)14-19/h7-10,13-14,16H,6,11-12,15H2,1-5H3,(H,37,38)(H2,32,33,34,35). The largest absolute Gasteiger partial charge is 0.479 e. The molecule has 10 nitrogen and oxygen atoms in total. The molecule has 0 saturated carbocycles. The van der Waals surface area contributed by atoms with E-state index in [0.717, 1.165) is 0 Å². The number of halogens is 2. The fourth-order valence-electron chi connectivity index (χ4n) is 4.50. The quantitative estimate of drug-likeness (QED) is 0.249. The fraction of sp³-hybridized carbons (Fsp3) is 0.379. The molecular weight excluding hydrogens is 553 g/mol. The Hall–Kier alpha value is -3.96. The molecule has 0 spiro atoms. The molecule has 2 heterocycles. The fourth-order valence-corrected chi connectivity index (χ4v) is 4.68.